The summed E-state index contributed by atoms with van der Waals surface area (Å²) in [6.45, 7) is 5.08. The van der Waals surface area contributed by atoms with Crippen LogP contribution >= 0.6 is 0 Å². The number of nitrogens with two attached hydrogens (primary N) is 1. The molecule has 70 valence electrons. The molecule has 0 aliphatic rings. The van der Waals surface area contributed by atoms with Gasteiger partial charge in [-0.15, -0.1) is 0 Å². The van der Waals surface area contributed by atoms with Gasteiger partial charge >= 0.3 is 0 Å². The van der Waals surface area contributed by atoms with Crippen molar-refractivity contribution in [2.75, 3.05) is 13.1 Å². The topological polar surface area (TPSA) is 55.1 Å². The number of nitrogens with one attached hydrogen (secondary N) is 1. The van der Waals surface area contributed by atoms with E-state index < -0.39 is 0 Å². The van der Waals surface area contributed by atoms with E-state index in [-0.39, 0.29) is 5.91 Å². The number of carbonyl (C=O) groups is 1. The molecular weight excluding hydrogens is 152 g/mol. The molecule has 3 N–H and O–H groups in total. The molecule has 0 fully saturated rings. The van der Waals surface area contributed by atoms with Gasteiger partial charge in [-0.1, -0.05) is 6.08 Å². The maximum atomic E-state index is 11.1. The zero-order valence-corrected chi connectivity index (χ0v) is 7.89. The Morgan fingerprint density at radius 1 is 1.50 bits per heavy atom. The van der Waals surface area contributed by atoms with Crippen LogP contribution in [0.1, 0.15) is 26.7 Å². The third kappa shape index (κ3) is 4.91. The van der Waals surface area contributed by atoms with Gasteiger partial charge in [0.05, 0.1) is 0 Å². The standard InChI is InChI=1S/C9H18N2O/c1-3-8(2)9(12)11-7-5-4-6-10/h3H,4-7,10H2,1-2H3,(H,11,12). The van der Waals surface area contributed by atoms with Gasteiger partial charge in [0.25, 0.3) is 0 Å². The molecule has 0 aliphatic carbocycles. The molecule has 0 spiro atoms. The first kappa shape index (κ1) is 11.2. The Morgan fingerprint density at radius 3 is 2.67 bits per heavy atom. The largest absolute Gasteiger partial charge is 0.352 e. The molecule has 1 amide bonds. The molecule has 0 aliphatic heterocycles. The van der Waals surface area contributed by atoms with Crippen LogP contribution in [0.2, 0.25) is 0 Å². The third-order valence-electron chi connectivity index (χ3n) is 1.71. The summed E-state index contributed by atoms with van der Waals surface area (Å²) in [5, 5.41) is 2.81. The Balaban J connectivity index is 3.45. The number of hydrogen-bond acceptors (Lipinski definition) is 2. The van der Waals surface area contributed by atoms with Crippen LogP contribution in [0.3, 0.4) is 0 Å². The zero-order valence-electron chi connectivity index (χ0n) is 7.89. The van der Waals surface area contributed by atoms with Crippen molar-refractivity contribution in [3.8, 4) is 0 Å². The number of allylic oxidation sites excluding steroid dienone is 1. The molecule has 0 rings (SSSR count). The summed E-state index contributed by atoms with van der Waals surface area (Å²) in [5.74, 6) is 0.0227. The smallest absolute Gasteiger partial charge is 0.246 e. The van der Waals surface area contributed by atoms with Crippen LogP contribution in [-0.4, -0.2) is 19.0 Å². The first-order chi connectivity index (χ1) is 5.72. The monoisotopic (exact) mass is 170 g/mol. The number of amides is 1. The van der Waals surface area contributed by atoms with E-state index in [9.17, 15) is 4.79 Å². The van der Waals surface area contributed by atoms with Gasteiger partial charge in [-0.05, 0) is 33.2 Å². The first-order valence-electron chi connectivity index (χ1n) is 4.33. The van der Waals surface area contributed by atoms with Gasteiger partial charge < -0.3 is 11.1 Å². The molecule has 0 atom stereocenters. The average molecular weight is 170 g/mol. The number of unbranched alkanes of at least 4 members (excludes halogenated alkanes) is 1. The summed E-state index contributed by atoms with van der Waals surface area (Å²) in [4.78, 5) is 11.1. The fourth-order valence-corrected chi connectivity index (χ4v) is 0.742. The van der Waals surface area contributed by atoms with Crippen LogP contribution < -0.4 is 11.1 Å². The van der Waals surface area contributed by atoms with Gasteiger partial charge in [0, 0.05) is 12.1 Å². The van der Waals surface area contributed by atoms with Crippen molar-refractivity contribution in [2.24, 2.45) is 5.73 Å². The van der Waals surface area contributed by atoms with Crippen molar-refractivity contribution in [3.05, 3.63) is 11.6 Å². The summed E-state index contributed by atoms with van der Waals surface area (Å²) in [6, 6.07) is 0. The van der Waals surface area contributed by atoms with Crippen molar-refractivity contribution in [2.45, 2.75) is 26.7 Å². The molecule has 0 saturated heterocycles. The van der Waals surface area contributed by atoms with E-state index in [2.05, 4.69) is 5.32 Å². The molecule has 3 heteroatoms. The minimum atomic E-state index is 0.0227. The predicted molar refractivity (Wildman–Crippen MR) is 50.7 cm³/mol. The fraction of sp³-hybridized carbons (Fsp3) is 0.667. The molecule has 0 radical (unpaired) electrons. The summed E-state index contributed by atoms with van der Waals surface area (Å²) in [5.41, 5.74) is 6.07. The highest BCUT2D eigenvalue weighted by Gasteiger charge is 1.99. The lowest BCUT2D eigenvalue weighted by atomic mass is 10.2. The normalized spacial score (nSPS) is 11.4. The second-order valence-electron chi connectivity index (χ2n) is 2.72. The quantitative estimate of drug-likeness (QED) is 0.474. The van der Waals surface area contributed by atoms with Crippen molar-refractivity contribution in [1.82, 2.24) is 5.32 Å². The van der Waals surface area contributed by atoms with E-state index in [1.807, 2.05) is 6.92 Å². The second-order valence-corrected chi connectivity index (χ2v) is 2.72. The molecular formula is C9H18N2O. The minimum Gasteiger partial charge on any atom is -0.352 e. The van der Waals surface area contributed by atoms with Gasteiger partial charge in [-0.25, -0.2) is 0 Å². The molecule has 12 heavy (non-hydrogen) atoms. The Bertz CT molecular complexity index is 164. The van der Waals surface area contributed by atoms with Gasteiger partial charge in [-0.2, -0.15) is 0 Å². The van der Waals surface area contributed by atoms with Gasteiger partial charge in [0.1, 0.15) is 0 Å². The molecule has 0 heterocycles. The highest BCUT2D eigenvalue weighted by Crippen LogP contribution is 1.91. The van der Waals surface area contributed by atoms with E-state index in [0.717, 1.165) is 25.0 Å². The zero-order chi connectivity index (χ0) is 9.40. The van der Waals surface area contributed by atoms with Crippen molar-refractivity contribution in [3.63, 3.8) is 0 Å². The molecule has 0 aromatic carbocycles. The van der Waals surface area contributed by atoms with E-state index in [1.165, 1.54) is 0 Å². The second kappa shape index (κ2) is 6.85. The summed E-state index contributed by atoms with van der Waals surface area (Å²) >= 11 is 0. The first-order valence-corrected chi connectivity index (χ1v) is 4.33. The predicted octanol–water partition coefficient (Wildman–Crippen LogP) is 0.808. The Hall–Kier alpha value is -0.830. The van der Waals surface area contributed by atoms with Crippen LogP contribution in [0, 0.1) is 0 Å². The van der Waals surface area contributed by atoms with Crippen molar-refractivity contribution >= 4 is 5.91 Å². The maximum absolute atomic E-state index is 11.1. The molecule has 0 aromatic heterocycles. The molecule has 0 bridgehead atoms. The Labute approximate surface area is 74.0 Å². The Kier molecular flexibility index (Phi) is 6.38. The SMILES string of the molecule is CC=C(C)C(=O)NCCCCN. The van der Waals surface area contributed by atoms with E-state index in [4.69, 9.17) is 5.73 Å². The molecule has 0 aromatic rings. The van der Waals surface area contributed by atoms with Crippen molar-refractivity contribution < 1.29 is 4.79 Å². The fourth-order valence-electron chi connectivity index (χ4n) is 0.742. The summed E-state index contributed by atoms with van der Waals surface area (Å²) < 4.78 is 0. The van der Waals surface area contributed by atoms with Crippen LogP contribution in [0.5, 0.6) is 0 Å². The van der Waals surface area contributed by atoms with Gasteiger partial charge in [-0.3, -0.25) is 4.79 Å². The summed E-state index contributed by atoms with van der Waals surface area (Å²) in [7, 11) is 0. The highest BCUT2D eigenvalue weighted by atomic mass is 16.1. The van der Waals surface area contributed by atoms with E-state index in [1.54, 1.807) is 13.0 Å². The number of carbonyl (C=O) groups excluding carboxylic acids is 1. The van der Waals surface area contributed by atoms with Gasteiger partial charge in [0.2, 0.25) is 5.91 Å². The lowest BCUT2D eigenvalue weighted by molar-refractivity contribution is -0.117. The van der Waals surface area contributed by atoms with Gasteiger partial charge in [0.15, 0.2) is 0 Å². The van der Waals surface area contributed by atoms with Crippen LogP contribution in [0.15, 0.2) is 11.6 Å². The van der Waals surface area contributed by atoms with E-state index in [0.29, 0.717) is 6.54 Å². The van der Waals surface area contributed by atoms with E-state index >= 15 is 0 Å². The highest BCUT2D eigenvalue weighted by molar-refractivity contribution is 5.92. The molecule has 3 nitrogen and oxygen atoms in total. The average Bonchev–Trinajstić information content (AvgIpc) is 2.10. The van der Waals surface area contributed by atoms with Crippen LogP contribution in [-0.2, 0) is 4.79 Å². The van der Waals surface area contributed by atoms with Crippen molar-refractivity contribution in [1.29, 1.82) is 0 Å². The lowest BCUT2D eigenvalue weighted by Crippen LogP contribution is -2.25. The third-order valence-corrected chi connectivity index (χ3v) is 1.71. The number of rotatable bonds is 5. The maximum Gasteiger partial charge on any atom is 0.246 e. The lowest BCUT2D eigenvalue weighted by Gasteiger charge is -2.03. The van der Waals surface area contributed by atoms with Crippen LogP contribution in [0.25, 0.3) is 0 Å². The summed E-state index contributed by atoms with van der Waals surface area (Å²) in [6.07, 6.45) is 3.73. The van der Waals surface area contributed by atoms with Crippen LogP contribution in [0.4, 0.5) is 0 Å². The molecule has 0 unspecified atom stereocenters. The Morgan fingerprint density at radius 2 is 2.17 bits per heavy atom. The number of hydrogen-bond donors (Lipinski definition) is 2. The minimum absolute atomic E-state index is 0.0227. The molecule has 0 saturated carbocycles.